The van der Waals surface area contributed by atoms with Crippen LogP contribution in [0.4, 0.5) is 0 Å². The second-order valence-electron chi connectivity index (χ2n) is 8.58. The number of Topliss-reactive ketones (excluding diaryl/α,β-unsaturated/α-hetero) is 1. The minimum Gasteiger partial charge on any atom is -0.297 e. The van der Waals surface area contributed by atoms with E-state index in [4.69, 9.17) is 0 Å². The molecule has 0 unspecified atom stereocenters. The van der Waals surface area contributed by atoms with Gasteiger partial charge in [-0.2, -0.15) is 10.2 Å². The summed E-state index contributed by atoms with van der Waals surface area (Å²) in [7, 11) is 0. The van der Waals surface area contributed by atoms with Gasteiger partial charge in [-0.3, -0.25) is 9.59 Å². The van der Waals surface area contributed by atoms with Gasteiger partial charge in [-0.1, -0.05) is 19.9 Å². The first-order valence-electron chi connectivity index (χ1n) is 9.89. The van der Waals surface area contributed by atoms with Crippen molar-refractivity contribution in [2.24, 2.45) is 5.41 Å². The van der Waals surface area contributed by atoms with Crippen LogP contribution in [0, 0.1) is 12.3 Å². The third kappa shape index (κ3) is 4.18. The van der Waals surface area contributed by atoms with Gasteiger partial charge in [-0.25, -0.2) is 14.2 Å². The molecular formula is C22H25N5O2. The standard InChI is InChI=1S/C22H25N5O2/c1-15-10-20(29)27(25-21(15)17-4-7-22(2,3)8-5-17)13-18(28)11-16-6-9-26-19(12-16)23-14-24-26/h4,6,9-10,12,14H,5,7-8,11,13H2,1-3H3. The molecular weight excluding hydrogens is 366 g/mol. The third-order valence-corrected chi connectivity index (χ3v) is 5.54. The molecule has 150 valence electrons. The van der Waals surface area contributed by atoms with Gasteiger partial charge in [0.2, 0.25) is 0 Å². The van der Waals surface area contributed by atoms with Crippen molar-refractivity contribution in [2.75, 3.05) is 0 Å². The van der Waals surface area contributed by atoms with Gasteiger partial charge in [-0.05, 0) is 60.4 Å². The zero-order chi connectivity index (χ0) is 20.6. The molecule has 0 spiro atoms. The van der Waals surface area contributed by atoms with Crippen molar-refractivity contribution in [3.63, 3.8) is 0 Å². The summed E-state index contributed by atoms with van der Waals surface area (Å²) in [5.41, 5.74) is 4.44. The van der Waals surface area contributed by atoms with Crippen LogP contribution in [-0.2, 0) is 17.8 Å². The normalized spacial score (nSPS) is 16.0. The average Bonchev–Trinajstić information content (AvgIpc) is 3.12. The Morgan fingerprint density at radius 2 is 2.10 bits per heavy atom. The maximum Gasteiger partial charge on any atom is 0.267 e. The van der Waals surface area contributed by atoms with Crippen molar-refractivity contribution < 1.29 is 4.79 Å². The third-order valence-electron chi connectivity index (χ3n) is 5.54. The number of carbonyl (C=O) groups is 1. The quantitative estimate of drug-likeness (QED) is 0.668. The summed E-state index contributed by atoms with van der Waals surface area (Å²) in [4.78, 5) is 29.2. The molecule has 3 aromatic rings. The Morgan fingerprint density at radius 3 is 2.86 bits per heavy atom. The number of rotatable bonds is 5. The zero-order valence-electron chi connectivity index (χ0n) is 17.1. The Hall–Kier alpha value is -3.09. The van der Waals surface area contributed by atoms with Gasteiger partial charge >= 0.3 is 0 Å². The number of hydrogen-bond donors (Lipinski definition) is 0. The van der Waals surface area contributed by atoms with Crippen molar-refractivity contribution in [2.45, 2.75) is 53.0 Å². The number of allylic oxidation sites excluding steroid dienone is 2. The van der Waals surface area contributed by atoms with E-state index in [9.17, 15) is 9.59 Å². The molecule has 7 nitrogen and oxygen atoms in total. The first-order valence-corrected chi connectivity index (χ1v) is 9.89. The molecule has 1 aliphatic rings. The summed E-state index contributed by atoms with van der Waals surface area (Å²) < 4.78 is 2.94. The molecule has 0 fully saturated rings. The van der Waals surface area contributed by atoms with E-state index in [0.29, 0.717) is 11.1 Å². The first-order chi connectivity index (χ1) is 13.8. The predicted octanol–water partition coefficient (Wildman–Crippen LogP) is 3.00. The summed E-state index contributed by atoms with van der Waals surface area (Å²) in [6.45, 7) is 6.39. The Balaban J connectivity index is 1.54. The van der Waals surface area contributed by atoms with Gasteiger partial charge in [0.1, 0.15) is 12.9 Å². The molecule has 0 N–H and O–H groups in total. The largest absolute Gasteiger partial charge is 0.297 e. The second kappa shape index (κ2) is 7.39. The molecule has 0 bridgehead atoms. The van der Waals surface area contributed by atoms with E-state index in [1.807, 2.05) is 19.1 Å². The maximum atomic E-state index is 12.6. The monoisotopic (exact) mass is 391 g/mol. The molecule has 0 aliphatic heterocycles. The van der Waals surface area contributed by atoms with Crippen LogP contribution in [0.1, 0.15) is 49.9 Å². The Labute approximate surface area is 169 Å². The molecule has 0 radical (unpaired) electrons. The van der Waals surface area contributed by atoms with Gasteiger partial charge < -0.3 is 0 Å². The Bertz CT molecular complexity index is 1170. The number of carbonyl (C=O) groups excluding carboxylic acids is 1. The number of ketones is 1. The van der Waals surface area contributed by atoms with E-state index in [2.05, 4.69) is 35.1 Å². The van der Waals surface area contributed by atoms with Crippen molar-refractivity contribution >= 4 is 17.0 Å². The van der Waals surface area contributed by atoms with E-state index in [1.54, 1.807) is 16.8 Å². The van der Waals surface area contributed by atoms with E-state index < -0.39 is 0 Å². The predicted molar refractivity (Wildman–Crippen MR) is 111 cm³/mol. The molecule has 29 heavy (non-hydrogen) atoms. The lowest BCUT2D eigenvalue weighted by Crippen LogP contribution is -2.28. The molecule has 4 rings (SSSR count). The van der Waals surface area contributed by atoms with E-state index in [0.717, 1.165) is 36.1 Å². The topological polar surface area (TPSA) is 82.2 Å². The van der Waals surface area contributed by atoms with Crippen molar-refractivity contribution in [1.29, 1.82) is 0 Å². The SMILES string of the molecule is Cc1cc(=O)n(CC(=O)Cc2ccn3ncnc3c2)nc1C1=CCC(C)(C)CC1. The second-order valence-corrected chi connectivity index (χ2v) is 8.58. The summed E-state index contributed by atoms with van der Waals surface area (Å²) in [5, 5.41) is 8.60. The van der Waals surface area contributed by atoms with Gasteiger partial charge in [-0.15, -0.1) is 0 Å². The molecule has 0 amide bonds. The van der Waals surface area contributed by atoms with E-state index in [-0.39, 0.29) is 24.3 Å². The molecule has 0 saturated heterocycles. The van der Waals surface area contributed by atoms with Crippen LogP contribution in [-0.4, -0.2) is 30.2 Å². The van der Waals surface area contributed by atoms with E-state index >= 15 is 0 Å². The lowest BCUT2D eigenvalue weighted by atomic mass is 9.77. The Morgan fingerprint density at radius 1 is 1.28 bits per heavy atom. The summed E-state index contributed by atoms with van der Waals surface area (Å²) in [6.07, 6.45) is 8.71. The zero-order valence-corrected chi connectivity index (χ0v) is 17.1. The highest BCUT2D eigenvalue weighted by atomic mass is 16.1. The number of aromatic nitrogens is 5. The summed E-state index contributed by atoms with van der Waals surface area (Å²) >= 11 is 0. The fraction of sp³-hybridized carbons (Fsp3) is 0.409. The Kier molecular flexibility index (Phi) is 4.90. The van der Waals surface area contributed by atoms with Crippen molar-refractivity contribution in [3.05, 3.63) is 64.0 Å². The molecule has 0 aromatic carbocycles. The average molecular weight is 391 g/mol. The van der Waals surface area contributed by atoms with Gasteiger partial charge in [0.05, 0.1) is 5.69 Å². The van der Waals surface area contributed by atoms with Crippen molar-refractivity contribution in [3.8, 4) is 0 Å². The fourth-order valence-corrected chi connectivity index (χ4v) is 3.72. The highest BCUT2D eigenvalue weighted by Gasteiger charge is 2.23. The number of nitrogens with zero attached hydrogens (tertiary/aromatic N) is 5. The number of fused-ring (bicyclic) bond motifs is 1. The van der Waals surface area contributed by atoms with Gasteiger partial charge in [0.15, 0.2) is 11.4 Å². The lowest BCUT2D eigenvalue weighted by molar-refractivity contribution is -0.119. The minimum absolute atomic E-state index is 0.0389. The van der Waals surface area contributed by atoms with Crippen LogP contribution in [0.2, 0.25) is 0 Å². The van der Waals surface area contributed by atoms with Crippen LogP contribution in [0.25, 0.3) is 11.2 Å². The summed E-state index contributed by atoms with van der Waals surface area (Å²) in [6, 6.07) is 5.25. The minimum atomic E-state index is -0.246. The lowest BCUT2D eigenvalue weighted by Gasteiger charge is -2.28. The van der Waals surface area contributed by atoms with Crippen molar-refractivity contribution in [1.82, 2.24) is 24.4 Å². The number of aryl methyl sites for hydroxylation is 1. The maximum absolute atomic E-state index is 12.6. The first kappa shape index (κ1) is 19.2. The van der Waals surface area contributed by atoms with Crippen LogP contribution in [0.5, 0.6) is 0 Å². The molecule has 7 heteroatoms. The molecule has 0 atom stereocenters. The van der Waals surface area contributed by atoms with Crippen LogP contribution in [0.3, 0.4) is 0 Å². The molecule has 1 aliphatic carbocycles. The highest BCUT2D eigenvalue weighted by Crippen LogP contribution is 2.37. The number of hydrogen-bond acceptors (Lipinski definition) is 5. The highest BCUT2D eigenvalue weighted by molar-refractivity contribution is 5.80. The number of pyridine rings is 1. The molecule has 0 saturated carbocycles. The molecule has 3 heterocycles. The van der Waals surface area contributed by atoms with Crippen LogP contribution >= 0.6 is 0 Å². The van der Waals surface area contributed by atoms with Crippen LogP contribution < -0.4 is 5.56 Å². The van der Waals surface area contributed by atoms with Gasteiger partial charge in [0, 0.05) is 18.7 Å². The van der Waals surface area contributed by atoms with Gasteiger partial charge in [0.25, 0.3) is 5.56 Å². The molecule has 3 aromatic heterocycles. The van der Waals surface area contributed by atoms with Crippen LogP contribution in [0.15, 0.2) is 41.6 Å². The smallest absolute Gasteiger partial charge is 0.267 e. The fourth-order valence-electron chi connectivity index (χ4n) is 3.72. The van der Waals surface area contributed by atoms with E-state index in [1.165, 1.54) is 16.6 Å². The summed E-state index contributed by atoms with van der Waals surface area (Å²) in [5.74, 6) is -0.0722.